The quantitative estimate of drug-likeness (QED) is 0.691. The highest BCUT2D eigenvalue weighted by Gasteiger charge is 2.15. The van der Waals surface area contributed by atoms with Gasteiger partial charge >= 0.3 is 0 Å². The first kappa shape index (κ1) is 16.1. The molecule has 0 saturated carbocycles. The largest absolute Gasteiger partial charge is 0.378 e. The monoisotopic (exact) mass is 326 g/mol. The molecule has 1 atom stereocenters. The van der Waals surface area contributed by atoms with Crippen molar-refractivity contribution in [3.05, 3.63) is 53.4 Å². The van der Waals surface area contributed by atoms with E-state index < -0.39 is 6.23 Å². The summed E-state index contributed by atoms with van der Waals surface area (Å²) >= 11 is 1.70. The van der Waals surface area contributed by atoms with Gasteiger partial charge in [0, 0.05) is 11.8 Å². The van der Waals surface area contributed by atoms with Crippen LogP contribution in [-0.2, 0) is 6.42 Å². The van der Waals surface area contributed by atoms with E-state index in [0.29, 0.717) is 6.42 Å². The maximum absolute atomic E-state index is 10.5. The van der Waals surface area contributed by atoms with Crippen molar-refractivity contribution in [2.24, 2.45) is 0 Å². The number of para-hydroxylation sites is 1. The molecule has 4 heteroatoms. The third-order valence-electron chi connectivity index (χ3n) is 4.21. The smallest absolute Gasteiger partial charge is 0.111 e. The second-order valence-corrected chi connectivity index (χ2v) is 6.52. The van der Waals surface area contributed by atoms with E-state index in [1.165, 1.54) is 4.88 Å². The van der Waals surface area contributed by atoms with Crippen LogP contribution in [-0.4, -0.2) is 34.3 Å². The van der Waals surface area contributed by atoms with Gasteiger partial charge in [0.05, 0.1) is 16.1 Å². The Kier molecular flexibility index (Phi) is 5.06. The van der Waals surface area contributed by atoms with Crippen molar-refractivity contribution in [1.82, 2.24) is 9.88 Å². The molecule has 0 radical (unpaired) electrons. The van der Waals surface area contributed by atoms with Crippen molar-refractivity contribution in [2.45, 2.75) is 26.5 Å². The first-order valence-corrected chi connectivity index (χ1v) is 8.95. The van der Waals surface area contributed by atoms with E-state index in [2.05, 4.69) is 54.5 Å². The Morgan fingerprint density at radius 3 is 2.61 bits per heavy atom. The van der Waals surface area contributed by atoms with Crippen molar-refractivity contribution in [3.63, 3.8) is 0 Å². The van der Waals surface area contributed by atoms with Crippen LogP contribution < -0.4 is 0 Å². The van der Waals surface area contributed by atoms with Gasteiger partial charge in [0.25, 0.3) is 0 Å². The summed E-state index contributed by atoms with van der Waals surface area (Å²) in [5, 5.41) is 13.7. The number of likely N-dealkylation sites (N-methyl/N-ethyl adjacent to an activating group) is 1. The zero-order valence-electron chi connectivity index (χ0n) is 13.6. The highest BCUT2D eigenvalue weighted by atomic mass is 32.1. The number of rotatable bonds is 6. The van der Waals surface area contributed by atoms with Gasteiger partial charge in [-0.3, -0.25) is 4.90 Å². The minimum atomic E-state index is -0.470. The molecule has 0 aliphatic carbocycles. The summed E-state index contributed by atoms with van der Waals surface area (Å²) in [5.74, 6) is 0. The molecule has 2 aromatic heterocycles. The molecule has 0 aliphatic heterocycles. The van der Waals surface area contributed by atoms with Crippen LogP contribution in [0.4, 0.5) is 0 Å². The van der Waals surface area contributed by atoms with Gasteiger partial charge in [-0.2, -0.15) is 0 Å². The van der Waals surface area contributed by atoms with Crippen LogP contribution in [0.3, 0.4) is 0 Å². The van der Waals surface area contributed by atoms with Crippen molar-refractivity contribution < 1.29 is 5.11 Å². The second kappa shape index (κ2) is 7.21. The summed E-state index contributed by atoms with van der Waals surface area (Å²) < 4.78 is 0. The van der Waals surface area contributed by atoms with Gasteiger partial charge in [-0.05, 0) is 36.2 Å². The average molecular weight is 326 g/mol. The lowest BCUT2D eigenvalue weighted by molar-refractivity contribution is 0.0118. The Bertz CT molecular complexity index is 766. The maximum Gasteiger partial charge on any atom is 0.111 e. The fraction of sp³-hybridized carbons (Fsp3) is 0.316. The SMILES string of the molecule is CCN(CC)C(O)Cc1cccc2ccc(-c3cccs3)nc12. The van der Waals surface area contributed by atoms with Gasteiger partial charge in [-0.25, -0.2) is 4.98 Å². The molecular formula is C19H22N2OS. The van der Waals surface area contributed by atoms with Crippen LogP contribution in [0.2, 0.25) is 0 Å². The zero-order valence-corrected chi connectivity index (χ0v) is 14.4. The molecule has 0 amide bonds. The summed E-state index contributed by atoms with van der Waals surface area (Å²) in [4.78, 5) is 8.09. The summed E-state index contributed by atoms with van der Waals surface area (Å²) in [6.45, 7) is 5.83. The summed E-state index contributed by atoms with van der Waals surface area (Å²) in [6, 6.07) is 14.5. The molecule has 3 rings (SSSR count). The summed E-state index contributed by atoms with van der Waals surface area (Å²) in [7, 11) is 0. The molecule has 0 saturated heterocycles. The number of aliphatic hydroxyl groups is 1. The molecule has 3 aromatic rings. The highest BCUT2D eigenvalue weighted by Crippen LogP contribution is 2.27. The van der Waals surface area contributed by atoms with Gasteiger partial charge in [0.1, 0.15) is 6.23 Å². The molecule has 0 spiro atoms. The van der Waals surface area contributed by atoms with Crippen LogP contribution in [0.25, 0.3) is 21.5 Å². The number of fused-ring (bicyclic) bond motifs is 1. The number of pyridine rings is 1. The zero-order chi connectivity index (χ0) is 16.2. The molecular weight excluding hydrogens is 304 g/mol. The Morgan fingerprint density at radius 1 is 1.09 bits per heavy atom. The Labute approximate surface area is 141 Å². The normalized spacial score (nSPS) is 12.9. The van der Waals surface area contributed by atoms with Gasteiger partial charge in [-0.1, -0.05) is 44.2 Å². The third-order valence-corrected chi connectivity index (χ3v) is 5.11. The number of aromatic nitrogens is 1. The van der Waals surface area contributed by atoms with Gasteiger partial charge in [-0.15, -0.1) is 11.3 Å². The van der Waals surface area contributed by atoms with Crippen molar-refractivity contribution in [1.29, 1.82) is 0 Å². The molecule has 1 N–H and O–H groups in total. The molecule has 120 valence electrons. The van der Waals surface area contributed by atoms with E-state index in [0.717, 1.165) is 35.2 Å². The van der Waals surface area contributed by atoms with Gasteiger partial charge in [0.15, 0.2) is 0 Å². The average Bonchev–Trinajstić information content (AvgIpc) is 3.10. The van der Waals surface area contributed by atoms with Crippen LogP contribution in [0.1, 0.15) is 19.4 Å². The third kappa shape index (κ3) is 3.44. The minimum absolute atomic E-state index is 0.470. The van der Waals surface area contributed by atoms with E-state index in [1.807, 2.05) is 12.1 Å². The summed E-state index contributed by atoms with van der Waals surface area (Å²) in [6.07, 6.45) is 0.128. The predicted octanol–water partition coefficient (Wildman–Crippen LogP) is 4.17. The fourth-order valence-corrected chi connectivity index (χ4v) is 3.60. The standard InChI is InChI=1S/C19H22N2OS/c1-3-21(4-2)18(22)13-15-8-5-7-14-10-11-16(20-19(14)15)17-9-6-12-23-17/h5-12,18,22H,3-4,13H2,1-2H3. The van der Waals surface area contributed by atoms with E-state index in [9.17, 15) is 5.11 Å². The van der Waals surface area contributed by atoms with Crippen molar-refractivity contribution >= 4 is 22.2 Å². The number of thiophene rings is 1. The second-order valence-electron chi connectivity index (χ2n) is 5.57. The molecule has 23 heavy (non-hydrogen) atoms. The van der Waals surface area contributed by atoms with E-state index >= 15 is 0 Å². The first-order chi connectivity index (χ1) is 11.2. The number of aliphatic hydroxyl groups excluding tert-OH is 1. The molecule has 0 bridgehead atoms. The summed E-state index contributed by atoms with van der Waals surface area (Å²) in [5.41, 5.74) is 3.09. The van der Waals surface area contributed by atoms with Gasteiger partial charge < -0.3 is 5.11 Å². The van der Waals surface area contributed by atoms with Crippen LogP contribution in [0.5, 0.6) is 0 Å². The van der Waals surface area contributed by atoms with Crippen LogP contribution in [0, 0.1) is 0 Å². The van der Waals surface area contributed by atoms with E-state index in [-0.39, 0.29) is 0 Å². The highest BCUT2D eigenvalue weighted by molar-refractivity contribution is 7.13. The molecule has 2 heterocycles. The number of hydrogen-bond donors (Lipinski definition) is 1. The Hall–Kier alpha value is -1.75. The predicted molar refractivity (Wildman–Crippen MR) is 97.7 cm³/mol. The fourth-order valence-electron chi connectivity index (χ4n) is 2.91. The molecule has 1 unspecified atom stereocenters. The molecule has 3 nitrogen and oxygen atoms in total. The number of hydrogen-bond acceptors (Lipinski definition) is 4. The first-order valence-electron chi connectivity index (χ1n) is 8.07. The topological polar surface area (TPSA) is 36.4 Å². The lowest BCUT2D eigenvalue weighted by Gasteiger charge is -2.25. The molecule has 1 aromatic carbocycles. The van der Waals surface area contributed by atoms with Crippen molar-refractivity contribution in [2.75, 3.05) is 13.1 Å². The minimum Gasteiger partial charge on any atom is -0.378 e. The van der Waals surface area contributed by atoms with Crippen LogP contribution >= 0.6 is 11.3 Å². The number of nitrogens with zero attached hydrogens (tertiary/aromatic N) is 2. The van der Waals surface area contributed by atoms with Crippen LogP contribution in [0.15, 0.2) is 47.8 Å². The molecule has 0 fully saturated rings. The Balaban J connectivity index is 1.98. The number of benzene rings is 1. The molecule has 0 aliphatic rings. The van der Waals surface area contributed by atoms with Gasteiger partial charge in [0.2, 0.25) is 0 Å². The van der Waals surface area contributed by atoms with Crippen molar-refractivity contribution in [3.8, 4) is 10.6 Å². The van der Waals surface area contributed by atoms with E-state index in [1.54, 1.807) is 11.3 Å². The lowest BCUT2D eigenvalue weighted by atomic mass is 10.0. The lowest BCUT2D eigenvalue weighted by Crippen LogP contribution is -2.36. The Morgan fingerprint density at radius 2 is 1.91 bits per heavy atom. The maximum atomic E-state index is 10.5. The van der Waals surface area contributed by atoms with E-state index in [4.69, 9.17) is 4.98 Å².